The Bertz CT molecular complexity index is 818. The molecule has 1 fully saturated rings. The number of anilines is 1. The van der Waals surface area contributed by atoms with Gasteiger partial charge in [-0.25, -0.2) is 0 Å². The van der Waals surface area contributed by atoms with Crippen LogP contribution in [0.1, 0.15) is 24.1 Å². The Morgan fingerprint density at radius 3 is 2.42 bits per heavy atom. The lowest BCUT2D eigenvalue weighted by Gasteiger charge is -2.40. The first-order chi connectivity index (χ1) is 12.5. The van der Waals surface area contributed by atoms with Crippen molar-refractivity contribution in [3.8, 4) is 0 Å². The van der Waals surface area contributed by atoms with Crippen molar-refractivity contribution in [2.24, 2.45) is 7.05 Å². The highest BCUT2D eigenvalue weighted by Gasteiger charge is 2.43. The van der Waals surface area contributed by atoms with Crippen LogP contribution in [0.5, 0.6) is 0 Å². The molecule has 0 bridgehead atoms. The van der Waals surface area contributed by atoms with Crippen LogP contribution in [0, 0.1) is 6.92 Å². The van der Waals surface area contributed by atoms with Crippen molar-refractivity contribution in [2.45, 2.75) is 25.2 Å². The van der Waals surface area contributed by atoms with Crippen LogP contribution in [-0.4, -0.2) is 39.6 Å². The maximum atomic E-state index is 13.3. The van der Waals surface area contributed by atoms with Crippen LogP contribution in [0.25, 0.3) is 0 Å². The first kappa shape index (κ1) is 17.9. The largest absolute Gasteiger partial charge is 0.339 e. The SMILES string of the molecule is C=CC(=O)N1CCC(C(=O)Nc2cn(C)nc2C)(c2ccccc2)CC1. The molecule has 6 nitrogen and oxygen atoms in total. The molecule has 1 saturated heterocycles. The number of aromatic nitrogens is 2. The number of nitrogens with zero attached hydrogens (tertiary/aromatic N) is 3. The summed E-state index contributed by atoms with van der Waals surface area (Å²) in [6.45, 7) is 6.48. The van der Waals surface area contributed by atoms with Crippen LogP contribution >= 0.6 is 0 Å². The van der Waals surface area contributed by atoms with E-state index in [9.17, 15) is 9.59 Å². The van der Waals surface area contributed by atoms with Crippen molar-refractivity contribution in [3.63, 3.8) is 0 Å². The molecule has 1 aromatic heterocycles. The Balaban J connectivity index is 1.90. The highest BCUT2D eigenvalue weighted by atomic mass is 16.2. The molecule has 2 aromatic rings. The van der Waals surface area contributed by atoms with Gasteiger partial charge in [-0.3, -0.25) is 14.3 Å². The number of carbonyl (C=O) groups excluding carboxylic acids is 2. The zero-order valence-corrected chi connectivity index (χ0v) is 15.2. The molecule has 1 aliphatic rings. The van der Waals surface area contributed by atoms with E-state index >= 15 is 0 Å². The number of likely N-dealkylation sites (tertiary alicyclic amines) is 1. The number of hydrogen-bond donors (Lipinski definition) is 1. The molecule has 2 amide bonds. The minimum atomic E-state index is -0.665. The van der Waals surface area contributed by atoms with Gasteiger partial charge in [0.05, 0.1) is 16.8 Å². The van der Waals surface area contributed by atoms with Gasteiger partial charge < -0.3 is 10.2 Å². The second-order valence-electron chi connectivity index (χ2n) is 6.73. The molecule has 0 spiro atoms. The Morgan fingerprint density at radius 2 is 1.88 bits per heavy atom. The highest BCUT2D eigenvalue weighted by Crippen LogP contribution is 2.37. The summed E-state index contributed by atoms with van der Waals surface area (Å²) >= 11 is 0. The van der Waals surface area contributed by atoms with Crippen LogP contribution in [0.3, 0.4) is 0 Å². The number of hydrogen-bond acceptors (Lipinski definition) is 3. The molecule has 0 atom stereocenters. The number of rotatable bonds is 4. The fourth-order valence-electron chi connectivity index (χ4n) is 3.61. The maximum Gasteiger partial charge on any atom is 0.245 e. The van der Waals surface area contributed by atoms with Crippen LogP contribution < -0.4 is 5.32 Å². The molecule has 136 valence electrons. The van der Waals surface area contributed by atoms with E-state index in [1.54, 1.807) is 9.58 Å². The van der Waals surface area contributed by atoms with Gasteiger partial charge in [-0.2, -0.15) is 5.10 Å². The van der Waals surface area contributed by atoms with E-state index in [0.29, 0.717) is 25.9 Å². The molecule has 1 N–H and O–H groups in total. The summed E-state index contributed by atoms with van der Waals surface area (Å²) in [6, 6.07) is 9.81. The van der Waals surface area contributed by atoms with Crippen LogP contribution in [0.15, 0.2) is 49.2 Å². The van der Waals surface area contributed by atoms with E-state index in [-0.39, 0.29) is 11.8 Å². The number of piperidine rings is 1. The molecule has 0 radical (unpaired) electrons. The van der Waals surface area contributed by atoms with Crippen molar-refractivity contribution in [1.82, 2.24) is 14.7 Å². The lowest BCUT2D eigenvalue weighted by atomic mass is 9.72. The minimum absolute atomic E-state index is 0.0505. The quantitative estimate of drug-likeness (QED) is 0.860. The normalized spacial score (nSPS) is 16.2. The number of nitrogens with one attached hydrogen (secondary N) is 1. The third-order valence-electron chi connectivity index (χ3n) is 5.13. The van der Waals surface area contributed by atoms with E-state index < -0.39 is 5.41 Å². The Kier molecular flexibility index (Phi) is 4.93. The number of aryl methyl sites for hydroxylation is 2. The average molecular weight is 352 g/mol. The predicted octanol–water partition coefficient (Wildman–Crippen LogP) is 2.41. The molecule has 0 saturated carbocycles. The van der Waals surface area contributed by atoms with Crippen molar-refractivity contribution in [2.75, 3.05) is 18.4 Å². The minimum Gasteiger partial charge on any atom is -0.339 e. The number of carbonyl (C=O) groups is 2. The van der Waals surface area contributed by atoms with Crippen LogP contribution in [0.4, 0.5) is 5.69 Å². The fourth-order valence-corrected chi connectivity index (χ4v) is 3.61. The molecule has 6 heteroatoms. The molecule has 1 aliphatic heterocycles. The molecule has 0 aliphatic carbocycles. The number of amides is 2. The molecular weight excluding hydrogens is 328 g/mol. The Morgan fingerprint density at radius 1 is 1.23 bits per heavy atom. The topological polar surface area (TPSA) is 67.2 Å². The number of benzene rings is 1. The molecule has 2 heterocycles. The first-order valence-electron chi connectivity index (χ1n) is 8.75. The summed E-state index contributed by atoms with van der Waals surface area (Å²) in [7, 11) is 1.83. The van der Waals surface area contributed by atoms with Crippen LogP contribution in [-0.2, 0) is 22.1 Å². The summed E-state index contributed by atoms with van der Waals surface area (Å²) in [4.78, 5) is 27.0. The van der Waals surface area contributed by atoms with E-state index in [2.05, 4.69) is 17.0 Å². The summed E-state index contributed by atoms with van der Waals surface area (Å²) in [5, 5.41) is 7.34. The monoisotopic (exact) mass is 352 g/mol. The van der Waals surface area contributed by atoms with E-state index in [0.717, 1.165) is 16.9 Å². The zero-order chi connectivity index (χ0) is 18.7. The van der Waals surface area contributed by atoms with Crippen molar-refractivity contribution in [1.29, 1.82) is 0 Å². The fraction of sp³-hybridized carbons (Fsp3) is 0.350. The first-order valence-corrected chi connectivity index (χ1v) is 8.75. The Labute approximate surface area is 153 Å². The summed E-state index contributed by atoms with van der Waals surface area (Å²) in [5.41, 5.74) is 1.81. The zero-order valence-electron chi connectivity index (χ0n) is 15.2. The van der Waals surface area contributed by atoms with Gasteiger partial charge in [-0.1, -0.05) is 36.9 Å². The second kappa shape index (κ2) is 7.15. The molecule has 0 unspecified atom stereocenters. The third-order valence-corrected chi connectivity index (χ3v) is 5.13. The van der Waals surface area contributed by atoms with E-state index in [1.807, 2.05) is 50.5 Å². The van der Waals surface area contributed by atoms with Crippen molar-refractivity contribution >= 4 is 17.5 Å². The van der Waals surface area contributed by atoms with Gasteiger partial charge in [0.15, 0.2) is 0 Å². The third kappa shape index (κ3) is 3.27. The molecule has 3 rings (SSSR count). The van der Waals surface area contributed by atoms with Gasteiger partial charge in [0, 0.05) is 26.3 Å². The van der Waals surface area contributed by atoms with Gasteiger partial charge in [0.2, 0.25) is 11.8 Å². The van der Waals surface area contributed by atoms with E-state index in [4.69, 9.17) is 0 Å². The molecule has 26 heavy (non-hydrogen) atoms. The average Bonchev–Trinajstić information content (AvgIpc) is 2.98. The van der Waals surface area contributed by atoms with Crippen molar-refractivity contribution < 1.29 is 9.59 Å². The highest BCUT2D eigenvalue weighted by molar-refractivity contribution is 6.00. The van der Waals surface area contributed by atoms with Crippen LogP contribution in [0.2, 0.25) is 0 Å². The van der Waals surface area contributed by atoms with Gasteiger partial charge in [0.25, 0.3) is 0 Å². The summed E-state index contributed by atoms with van der Waals surface area (Å²) < 4.78 is 1.69. The Hall–Kier alpha value is -2.89. The molecular formula is C20H24N4O2. The maximum absolute atomic E-state index is 13.3. The van der Waals surface area contributed by atoms with Gasteiger partial charge in [-0.15, -0.1) is 0 Å². The predicted molar refractivity (Wildman–Crippen MR) is 101 cm³/mol. The second-order valence-corrected chi connectivity index (χ2v) is 6.73. The molecule has 1 aromatic carbocycles. The van der Waals surface area contributed by atoms with Gasteiger partial charge in [-0.05, 0) is 31.4 Å². The van der Waals surface area contributed by atoms with Gasteiger partial charge in [0.1, 0.15) is 0 Å². The van der Waals surface area contributed by atoms with Crippen molar-refractivity contribution in [3.05, 3.63) is 60.4 Å². The summed E-state index contributed by atoms with van der Waals surface area (Å²) in [6.07, 6.45) is 4.28. The van der Waals surface area contributed by atoms with Gasteiger partial charge >= 0.3 is 0 Å². The van der Waals surface area contributed by atoms with E-state index in [1.165, 1.54) is 6.08 Å². The smallest absolute Gasteiger partial charge is 0.245 e. The standard InChI is InChI=1S/C20H24N4O2/c1-4-18(25)24-12-10-20(11-13-24,16-8-6-5-7-9-16)19(26)21-17-14-23(3)22-15(17)2/h4-9,14H,1,10-13H2,2-3H3,(H,21,26). The summed E-state index contributed by atoms with van der Waals surface area (Å²) in [5.74, 6) is -0.138. The lowest BCUT2D eigenvalue weighted by molar-refractivity contribution is -0.131. The lowest BCUT2D eigenvalue weighted by Crippen LogP contribution is -2.50.